The second-order valence-corrected chi connectivity index (χ2v) is 8.28. The number of sulfone groups is 1. The van der Waals surface area contributed by atoms with E-state index >= 15 is 0 Å². The number of benzene rings is 1. The van der Waals surface area contributed by atoms with Gasteiger partial charge in [-0.05, 0) is 38.0 Å². The molecular weight excluding hydrogens is 345 g/mol. The molecule has 1 aromatic rings. The van der Waals surface area contributed by atoms with Crippen LogP contribution in [0.3, 0.4) is 0 Å². The van der Waals surface area contributed by atoms with Crippen LogP contribution in [0.1, 0.15) is 31.4 Å². The summed E-state index contributed by atoms with van der Waals surface area (Å²) in [5.74, 6) is 0.425. The molecule has 1 unspecified atom stereocenters. The zero-order valence-corrected chi connectivity index (χ0v) is 16.1. The number of aliphatic imine (C=N–C) groups is 1. The molecule has 0 saturated carbocycles. The van der Waals surface area contributed by atoms with Crippen LogP contribution >= 0.6 is 0 Å². The maximum atomic E-state index is 13.6. The fraction of sp³-hybridized carbons (Fsp3) is 0.588. The largest absolute Gasteiger partial charge is 0.380 e. The molecule has 0 saturated heterocycles. The number of ether oxygens (including phenoxy) is 1. The van der Waals surface area contributed by atoms with E-state index < -0.39 is 9.84 Å². The summed E-state index contributed by atoms with van der Waals surface area (Å²) in [5.41, 5.74) is 1.36. The van der Waals surface area contributed by atoms with Crippen molar-refractivity contribution >= 4 is 15.8 Å². The number of halogens is 1. The molecule has 0 aromatic heterocycles. The second kappa shape index (κ2) is 10.4. The lowest BCUT2D eigenvalue weighted by atomic mass is 10.1. The Balaban J connectivity index is 2.73. The number of methoxy groups -OCH3 is 1. The summed E-state index contributed by atoms with van der Waals surface area (Å²) in [6.45, 7) is 5.14. The minimum atomic E-state index is -2.98. The van der Waals surface area contributed by atoms with Crippen molar-refractivity contribution < 1.29 is 17.5 Å². The number of hydrogen-bond acceptors (Lipinski definition) is 4. The lowest BCUT2D eigenvalue weighted by Gasteiger charge is -2.17. The number of hydrogen-bond donors (Lipinski definition) is 2. The first-order chi connectivity index (χ1) is 11.7. The van der Waals surface area contributed by atoms with E-state index in [1.165, 1.54) is 19.4 Å². The summed E-state index contributed by atoms with van der Waals surface area (Å²) < 4.78 is 41.1. The zero-order chi connectivity index (χ0) is 18.9. The SMILES string of the molecule is CCNC(=NCc1ccc(F)c(COC)c1)NC(C)CCS(C)(=O)=O. The highest BCUT2D eigenvalue weighted by Gasteiger charge is 2.10. The second-order valence-electron chi connectivity index (χ2n) is 6.02. The van der Waals surface area contributed by atoms with Gasteiger partial charge in [-0.15, -0.1) is 0 Å². The smallest absolute Gasteiger partial charge is 0.191 e. The third-order valence-corrected chi connectivity index (χ3v) is 4.46. The van der Waals surface area contributed by atoms with Gasteiger partial charge in [0.1, 0.15) is 15.7 Å². The maximum Gasteiger partial charge on any atom is 0.191 e. The molecule has 6 nitrogen and oxygen atoms in total. The van der Waals surface area contributed by atoms with E-state index in [9.17, 15) is 12.8 Å². The molecule has 0 spiro atoms. The Morgan fingerprint density at radius 1 is 1.40 bits per heavy atom. The van der Waals surface area contributed by atoms with Gasteiger partial charge in [0, 0.05) is 31.5 Å². The first kappa shape index (κ1) is 21.4. The molecule has 0 aliphatic carbocycles. The normalized spacial score (nSPS) is 13.6. The number of guanidine groups is 1. The summed E-state index contributed by atoms with van der Waals surface area (Å²) in [7, 11) is -1.46. The van der Waals surface area contributed by atoms with Gasteiger partial charge in [0.2, 0.25) is 0 Å². The van der Waals surface area contributed by atoms with E-state index in [1.54, 1.807) is 12.1 Å². The standard InChI is InChI=1S/C17H28FN3O3S/c1-5-19-17(21-13(2)8-9-25(4,22)23)20-11-14-6-7-16(18)15(10-14)12-24-3/h6-7,10,13H,5,8-9,11-12H2,1-4H3,(H2,19,20,21). The molecule has 0 fully saturated rings. The topological polar surface area (TPSA) is 79.8 Å². The number of rotatable bonds is 9. The van der Waals surface area contributed by atoms with Gasteiger partial charge in [0.05, 0.1) is 18.9 Å². The van der Waals surface area contributed by atoms with E-state index in [-0.39, 0.29) is 24.2 Å². The van der Waals surface area contributed by atoms with Crippen molar-refractivity contribution in [2.24, 2.45) is 4.99 Å². The van der Waals surface area contributed by atoms with Crippen molar-refractivity contribution in [1.29, 1.82) is 0 Å². The van der Waals surface area contributed by atoms with Gasteiger partial charge >= 0.3 is 0 Å². The number of nitrogens with one attached hydrogen (secondary N) is 2. The van der Waals surface area contributed by atoms with Crippen molar-refractivity contribution in [3.8, 4) is 0 Å². The minimum absolute atomic E-state index is 0.0372. The van der Waals surface area contributed by atoms with Crippen molar-refractivity contribution in [2.75, 3.05) is 25.7 Å². The molecule has 8 heteroatoms. The highest BCUT2D eigenvalue weighted by atomic mass is 32.2. The third kappa shape index (κ3) is 8.83. The quantitative estimate of drug-likeness (QED) is 0.510. The Morgan fingerprint density at radius 2 is 2.12 bits per heavy atom. The lowest BCUT2D eigenvalue weighted by Crippen LogP contribution is -2.42. The van der Waals surface area contributed by atoms with E-state index in [2.05, 4.69) is 15.6 Å². The van der Waals surface area contributed by atoms with Crippen LogP contribution in [-0.2, 0) is 27.7 Å². The molecule has 0 amide bonds. The van der Waals surface area contributed by atoms with Crippen molar-refractivity contribution in [3.05, 3.63) is 35.1 Å². The predicted octanol–water partition coefficient (Wildman–Crippen LogP) is 1.85. The van der Waals surface area contributed by atoms with Crippen molar-refractivity contribution in [2.45, 2.75) is 39.5 Å². The molecule has 0 bridgehead atoms. The molecule has 25 heavy (non-hydrogen) atoms. The van der Waals surface area contributed by atoms with Crippen LogP contribution in [0.15, 0.2) is 23.2 Å². The molecule has 0 aliphatic rings. The highest BCUT2D eigenvalue weighted by Crippen LogP contribution is 2.12. The first-order valence-corrected chi connectivity index (χ1v) is 10.3. The Bertz CT molecular complexity index is 678. The maximum absolute atomic E-state index is 13.6. The van der Waals surface area contributed by atoms with Crippen LogP contribution < -0.4 is 10.6 Å². The summed E-state index contributed by atoms with van der Waals surface area (Å²) in [4.78, 5) is 4.48. The van der Waals surface area contributed by atoms with Crippen molar-refractivity contribution in [1.82, 2.24) is 10.6 Å². The lowest BCUT2D eigenvalue weighted by molar-refractivity contribution is 0.181. The Hall–Kier alpha value is -1.67. The molecular formula is C17H28FN3O3S. The van der Waals surface area contributed by atoms with Crippen LogP contribution in [0.4, 0.5) is 4.39 Å². The fourth-order valence-corrected chi connectivity index (χ4v) is 2.96. The third-order valence-electron chi connectivity index (χ3n) is 3.48. The first-order valence-electron chi connectivity index (χ1n) is 8.24. The van der Waals surface area contributed by atoms with E-state index in [0.29, 0.717) is 31.0 Å². The fourth-order valence-electron chi connectivity index (χ4n) is 2.18. The Kier molecular flexibility index (Phi) is 8.85. The molecule has 0 heterocycles. The molecule has 0 radical (unpaired) electrons. The molecule has 142 valence electrons. The van der Waals surface area contributed by atoms with Crippen molar-refractivity contribution in [3.63, 3.8) is 0 Å². The van der Waals surface area contributed by atoms with Crippen LogP contribution in [-0.4, -0.2) is 46.1 Å². The van der Waals surface area contributed by atoms with Crippen LogP contribution in [0.2, 0.25) is 0 Å². The molecule has 1 rings (SSSR count). The van der Waals surface area contributed by atoms with Gasteiger partial charge in [0.25, 0.3) is 0 Å². The van der Waals surface area contributed by atoms with Gasteiger partial charge in [-0.1, -0.05) is 6.07 Å². The molecule has 0 aliphatic heterocycles. The van der Waals surface area contributed by atoms with E-state index in [1.807, 2.05) is 13.8 Å². The van der Waals surface area contributed by atoms with Crippen LogP contribution in [0.25, 0.3) is 0 Å². The molecule has 1 atom stereocenters. The minimum Gasteiger partial charge on any atom is -0.380 e. The average Bonchev–Trinajstić information content (AvgIpc) is 2.53. The molecule has 2 N–H and O–H groups in total. The van der Waals surface area contributed by atoms with Gasteiger partial charge in [-0.3, -0.25) is 0 Å². The van der Waals surface area contributed by atoms with E-state index in [4.69, 9.17) is 4.74 Å². The Morgan fingerprint density at radius 3 is 2.72 bits per heavy atom. The molecule has 1 aromatic carbocycles. The summed E-state index contributed by atoms with van der Waals surface area (Å²) in [6.07, 6.45) is 1.73. The zero-order valence-electron chi connectivity index (χ0n) is 15.3. The average molecular weight is 373 g/mol. The summed E-state index contributed by atoms with van der Waals surface area (Å²) in [6, 6.07) is 4.80. The highest BCUT2D eigenvalue weighted by molar-refractivity contribution is 7.90. The van der Waals surface area contributed by atoms with Gasteiger partial charge in [0.15, 0.2) is 5.96 Å². The number of nitrogens with zero attached hydrogens (tertiary/aromatic N) is 1. The monoisotopic (exact) mass is 373 g/mol. The predicted molar refractivity (Wildman–Crippen MR) is 98.9 cm³/mol. The Labute approximate surface area is 149 Å². The van der Waals surface area contributed by atoms with E-state index in [0.717, 1.165) is 5.56 Å². The van der Waals surface area contributed by atoms with Gasteiger partial charge < -0.3 is 15.4 Å². The summed E-state index contributed by atoms with van der Waals surface area (Å²) in [5, 5.41) is 6.31. The van der Waals surface area contributed by atoms with Gasteiger partial charge in [-0.25, -0.2) is 17.8 Å². The summed E-state index contributed by atoms with van der Waals surface area (Å²) >= 11 is 0. The van der Waals surface area contributed by atoms with Gasteiger partial charge in [-0.2, -0.15) is 0 Å². The van der Waals surface area contributed by atoms with Crippen LogP contribution in [0, 0.1) is 5.82 Å². The van der Waals surface area contributed by atoms with Crippen LogP contribution in [0.5, 0.6) is 0 Å².